The van der Waals surface area contributed by atoms with Crippen molar-refractivity contribution in [1.29, 1.82) is 0 Å². The van der Waals surface area contributed by atoms with Gasteiger partial charge in [0.15, 0.2) is 15.8 Å². The number of anilines is 1. The van der Waals surface area contributed by atoms with Gasteiger partial charge in [-0.1, -0.05) is 24.6 Å². The first-order chi connectivity index (χ1) is 11.6. The molecule has 0 amide bonds. The van der Waals surface area contributed by atoms with Crippen molar-refractivity contribution < 1.29 is 8.42 Å². The summed E-state index contributed by atoms with van der Waals surface area (Å²) in [5, 5.41) is 3.08. The molecule has 0 bridgehead atoms. The molecule has 0 aromatic heterocycles. The SMILES string of the molecule is I.O=S1(=O)CCCCC1CN=C(Nc1ccccc1)N1CCCCC1. The molecule has 1 aromatic carbocycles. The lowest BCUT2D eigenvalue weighted by Crippen LogP contribution is -2.41. The number of rotatable bonds is 3. The second-order valence-corrected chi connectivity index (χ2v) is 9.09. The maximum absolute atomic E-state index is 12.2. The van der Waals surface area contributed by atoms with Crippen LogP contribution in [-0.2, 0) is 9.84 Å². The van der Waals surface area contributed by atoms with Crippen molar-refractivity contribution in [1.82, 2.24) is 4.90 Å². The minimum atomic E-state index is -2.98. The average molecular weight is 477 g/mol. The van der Waals surface area contributed by atoms with E-state index in [-0.39, 0.29) is 29.2 Å². The maximum atomic E-state index is 12.2. The van der Waals surface area contributed by atoms with Gasteiger partial charge in [0.05, 0.1) is 17.5 Å². The standard InChI is InChI=1S/C18H27N3O2S.HI/c22-24(23)14-8-5-11-17(24)15-19-18(21-12-6-2-7-13-21)20-16-9-3-1-4-10-16;/h1,3-4,9-10,17H,2,5-8,11-15H2,(H,19,20);1H. The summed E-state index contributed by atoms with van der Waals surface area (Å²) in [5.41, 5.74) is 0.994. The predicted molar refractivity (Wildman–Crippen MR) is 115 cm³/mol. The van der Waals surface area contributed by atoms with Crippen LogP contribution in [0.3, 0.4) is 0 Å². The fourth-order valence-corrected chi connectivity index (χ4v) is 5.16. The normalized spacial score (nSPS) is 23.6. The van der Waals surface area contributed by atoms with E-state index in [0.717, 1.165) is 56.8 Å². The molecule has 1 unspecified atom stereocenters. The lowest BCUT2D eigenvalue weighted by Gasteiger charge is -2.31. The van der Waals surface area contributed by atoms with Crippen LogP contribution in [0.5, 0.6) is 0 Å². The fraction of sp³-hybridized carbons (Fsp3) is 0.611. The highest BCUT2D eigenvalue weighted by Gasteiger charge is 2.29. The summed E-state index contributed by atoms with van der Waals surface area (Å²) in [6, 6.07) is 9.98. The zero-order chi connectivity index (χ0) is 16.8. The molecule has 0 radical (unpaired) electrons. The van der Waals surface area contributed by atoms with Gasteiger partial charge in [0.25, 0.3) is 0 Å². The predicted octanol–water partition coefficient (Wildman–Crippen LogP) is 3.53. The average Bonchev–Trinajstić information content (AvgIpc) is 2.61. The number of nitrogens with one attached hydrogen (secondary N) is 1. The number of para-hydroxylation sites is 1. The Morgan fingerprint density at radius 3 is 2.48 bits per heavy atom. The van der Waals surface area contributed by atoms with E-state index in [0.29, 0.717) is 12.3 Å². The lowest BCUT2D eigenvalue weighted by molar-refractivity contribution is 0.340. The van der Waals surface area contributed by atoms with Crippen molar-refractivity contribution in [3.63, 3.8) is 0 Å². The van der Waals surface area contributed by atoms with Crippen LogP contribution < -0.4 is 5.32 Å². The summed E-state index contributed by atoms with van der Waals surface area (Å²) in [4.78, 5) is 6.97. The monoisotopic (exact) mass is 477 g/mol. The molecule has 3 rings (SSSR count). The first kappa shape index (κ1) is 20.5. The van der Waals surface area contributed by atoms with Gasteiger partial charge < -0.3 is 10.2 Å². The number of likely N-dealkylation sites (tertiary alicyclic amines) is 1. The van der Waals surface area contributed by atoms with Gasteiger partial charge in [0, 0.05) is 18.8 Å². The molecule has 0 aliphatic carbocycles. The minimum absolute atomic E-state index is 0. The maximum Gasteiger partial charge on any atom is 0.198 e. The molecule has 2 aliphatic heterocycles. The Hall–Kier alpha value is -0.830. The molecule has 25 heavy (non-hydrogen) atoms. The van der Waals surface area contributed by atoms with Crippen molar-refractivity contribution in [2.75, 3.05) is 30.7 Å². The molecular weight excluding hydrogens is 449 g/mol. The number of aliphatic imine (C=N–C) groups is 1. The van der Waals surface area contributed by atoms with E-state index in [1.54, 1.807) is 0 Å². The third kappa shape index (κ3) is 5.84. The fourth-order valence-electron chi connectivity index (χ4n) is 3.39. The van der Waals surface area contributed by atoms with Gasteiger partial charge in [-0.15, -0.1) is 24.0 Å². The zero-order valence-electron chi connectivity index (χ0n) is 14.6. The van der Waals surface area contributed by atoms with E-state index in [9.17, 15) is 8.42 Å². The van der Waals surface area contributed by atoms with Crippen LogP contribution >= 0.6 is 24.0 Å². The number of halogens is 1. The Morgan fingerprint density at radius 1 is 1.08 bits per heavy atom. The van der Waals surface area contributed by atoms with Gasteiger partial charge in [-0.2, -0.15) is 0 Å². The summed E-state index contributed by atoms with van der Waals surface area (Å²) in [5.74, 6) is 1.14. The van der Waals surface area contributed by atoms with Crippen molar-refractivity contribution in [3.05, 3.63) is 30.3 Å². The third-order valence-corrected chi connectivity index (χ3v) is 7.10. The summed E-state index contributed by atoms with van der Waals surface area (Å²) >= 11 is 0. The van der Waals surface area contributed by atoms with E-state index in [1.807, 2.05) is 30.3 Å². The van der Waals surface area contributed by atoms with Crippen molar-refractivity contribution >= 4 is 45.5 Å². The Balaban J connectivity index is 0.00000225. The first-order valence-electron chi connectivity index (χ1n) is 8.98. The number of benzene rings is 1. The molecule has 2 aliphatic rings. The van der Waals surface area contributed by atoms with Crippen molar-refractivity contribution in [2.45, 2.75) is 43.8 Å². The van der Waals surface area contributed by atoms with Crippen molar-refractivity contribution in [2.24, 2.45) is 4.99 Å². The molecule has 2 saturated heterocycles. The molecule has 2 heterocycles. The smallest absolute Gasteiger partial charge is 0.198 e. The Kier molecular flexibility index (Phi) is 7.99. The molecule has 7 heteroatoms. The number of guanidine groups is 1. The highest BCUT2D eigenvalue weighted by molar-refractivity contribution is 14.0. The Labute approximate surface area is 168 Å². The van der Waals surface area contributed by atoms with Gasteiger partial charge in [-0.05, 0) is 44.2 Å². The molecule has 2 fully saturated rings. The molecule has 0 saturated carbocycles. The van der Waals surface area contributed by atoms with Crippen LogP contribution in [-0.4, -0.2) is 49.9 Å². The highest BCUT2D eigenvalue weighted by Crippen LogP contribution is 2.20. The molecule has 140 valence electrons. The highest BCUT2D eigenvalue weighted by atomic mass is 127. The van der Waals surface area contributed by atoms with E-state index in [2.05, 4.69) is 10.2 Å². The number of hydrogen-bond acceptors (Lipinski definition) is 3. The third-order valence-electron chi connectivity index (χ3n) is 4.84. The Bertz CT molecular complexity index is 658. The van der Waals surface area contributed by atoms with Crippen LogP contribution in [0, 0.1) is 0 Å². The van der Waals surface area contributed by atoms with Crippen LogP contribution in [0.15, 0.2) is 35.3 Å². The number of hydrogen-bond donors (Lipinski definition) is 1. The number of piperidine rings is 1. The lowest BCUT2D eigenvalue weighted by atomic mass is 10.1. The van der Waals surface area contributed by atoms with Gasteiger partial charge in [0.2, 0.25) is 0 Å². The van der Waals surface area contributed by atoms with Gasteiger partial charge >= 0.3 is 0 Å². The molecule has 1 N–H and O–H groups in total. The number of nitrogens with zero attached hydrogens (tertiary/aromatic N) is 2. The minimum Gasteiger partial charge on any atom is -0.343 e. The summed E-state index contributed by atoms with van der Waals surface area (Å²) in [6.07, 6.45) is 6.11. The van der Waals surface area contributed by atoms with Crippen LogP contribution in [0.4, 0.5) is 5.69 Å². The molecule has 5 nitrogen and oxygen atoms in total. The second kappa shape index (κ2) is 9.75. The second-order valence-electron chi connectivity index (χ2n) is 6.69. The van der Waals surface area contributed by atoms with E-state index in [4.69, 9.17) is 4.99 Å². The largest absolute Gasteiger partial charge is 0.343 e. The molecule has 0 spiro atoms. The van der Waals surface area contributed by atoms with Crippen LogP contribution in [0.25, 0.3) is 0 Å². The van der Waals surface area contributed by atoms with Gasteiger partial charge in [-0.25, -0.2) is 8.42 Å². The van der Waals surface area contributed by atoms with Crippen LogP contribution in [0.1, 0.15) is 38.5 Å². The first-order valence-corrected chi connectivity index (χ1v) is 10.7. The van der Waals surface area contributed by atoms with Gasteiger partial charge in [-0.3, -0.25) is 4.99 Å². The Morgan fingerprint density at radius 2 is 1.80 bits per heavy atom. The summed E-state index contributed by atoms with van der Waals surface area (Å²) < 4.78 is 24.5. The van der Waals surface area contributed by atoms with E-state index >= 15 is 0 Å². The van der Waals surface area contributed by atoms with Gasteiger partial charge in [0.1, 0.15) is 0 Å². The van der Waals surface area contributed by atoms with Crippen molar-refractivity contribution in [3.8, 4) is 0 Å². The summed E-state index contributed by atoms with van der Waals surface area (Å²) in [7, 11) is -2.98. The molecule has 1 aromatic rings. The number of sulfone groups is 1. The summed E-state index contributed by atoms with van der Waals surface area (Å²) in [6.45, 7) is 2.33. The molecule has 1 atom stereocenters. The van der Waals surface area contributed by atoms with Crippen LogP contribution in [0.2, 0.25) is 0 Å². The van der Waals surface area contributed by atoms with E-state index in [1.165, 1.54) is 6.42 Å². The topological polar surface area (TPSA) is 61.8 Å². The zero-order valence-corrected chi connectivity index (χ0v) is 17.7. The van der Waals surface area contributed by atoms with E-state index < -0.39 is 9.84 Å². The molecular formula is C18H28IN3O2S. The quantitative estimate of drug-likeness (QED) is 0.411.